The molecular formula is C10H13NO2S. The largest absolute Gasteiger partial charge is 0.491 e. The van der Waals surface area contributed by atoms with E-state index in [2.05, 4.69) is 11.9 Å². The minimum Gasteiger partial charge on any atom is -0.491 e. The van der Waals surface area contributed by atoms with Crippen LogP contribution in [0.5, 0.6) is 5.75 Å². The zero-order valence-electron chi connectivity index (χ0n) is 8.10. The molecule has 0 atom stereocenters. The Hall–Kier alpha value is -1.03. The first-order valence-corrected chi connectivity index (χ1v) is 5.64. The summed E-state index contributed by atoms with van der Waals surface area (Å²) in [4.78, 5) is 14.2. The molecule has 0 spiro atoms. The van der Waals surface area contributed by atoms with E-state index in [1.54, 1.807) is 18.3 Å². The van der Waals surface area contributed by atoms with Crippen LogP contribution in [0.4, 0.5) is 0 Å². The van der Waals surface area contributed by atoms with Crippen LogP contribution in [0.1, 0.15) is 17.4 Å². The second-order valence-corrected chi connectivity index (χ2v) is 3.98. The molecule has 4 heteroatoms. The van der Waals surface area contributed by atoms with Crippen molar-refractivity contribution in [3.8, 4) is 5.75 Å². The molecule has 0 aliphatic carbocycles. The SMILES string of the molecule is CCSCCOc1ccc(C=O)nc1. The Morgan fingerprint density at radius 3 is 3.00 bits per heavy atom. The van der Waals surface area contributed by atoms with Crippen molar-refractivity contribution in [3.05, 3.63) is 24.0 Å². The molecule has 3 nitrogen and oxygen atoms in total. The number of aromatic nitrogens is 1. The van der Waals surface area contributed by atoms with Gasteiger partial charge in [-0.05, 0) is 17.9 Å². The molecule has 0 amide bonds. The number of carbonyl (C=O) groups excluding carboxylic acids is 1. The molecule has 1 rings (SSSR count). The molecule has 1 heterocycles. The summed E-state index contributed by atoms with van der Waals surface area (Å²) in [5, 5.41) is 0. The van der Waals surface area contributed by atoms with Gasteiger partial charge < -0.3 is 4.74 Å². The first kappa shape index (κ1) is 11.0. The highest BCUT2D eigenvalue weighted by Gasteiger charge is 1.95. The molecule has 1 aromatic rings. The van der Waals surface area contributed by atoms with E-state index in [1.165, 1.54) is 0 Å². The van der Waals surface area contributed by atoms with E-state index in [9.17, 15) is 4.79 Å². The quantitative estimate of drug-likeness (QED) is 0.533. The van der Waals surface area contributed by atoms with Gasteiger partial charge >= 0.3 is 0 Å². The van der Waals surface area contributed by atoms with Crippen LogP contribution in [0.25, 0.3) is 0 Å². The van der Waals surface area contributed by atoms with Crippen molar-refractivity contribution in [1.82, 2.24) is 4.98 Å². The summed E-state index contributed by atoms with van der Waals surface area (Å²) in [6, 6.07) is 3.41. The van der Waals surface area contributed by atoms with Crippen molar-refractivity contribution >= 4 is 18.0 Å². The topological polar surface area (TPSA) is 39.2 Å². The fourth-order valence-corrected chi connectivity index (χ4v) is 1.40. The molecule has 0 N–H and O–H groups in total. The van der Waals surface area contributed by atoms with Gasteiger partial charge in [-0.15, -0.1) is 0 Å². The average molecular weight is 211 g/mol. The van der Waals surface area contributed by atoms with Crippen molar-refractivity contribution < 1.29 is 9.53 Å². The van der Waals surface area contributed by atoms with Crippen LogP contribution in [-0.2, 0) is 0 Å². The second kappa shape index (κ2) is 6.43. The third-order valence-electron chi connectivity index (χ3n) is 1.58. The highest BCUT2D eigenvalue weighted by molar-refractivity contribution is 7.99. The summed E-state index contributed by atoms with van der Waals surface area (Å²) in [5.74, 6) is 2.80. The van der Waals surface area contributed by atoms with Crippen LogP contribution >= 0.6 is 11.8 Å². The molecule has 76 valence electrons. The molecule has 0 aliphatic rings. The summed E-state index contributed by atoms with van der Waals surface area (Å²) in [6.45, 7) is 2.80. The van der Waals surface area contributed by atoms with Crippen LogP contribution in [-0.4, -0.2) is 29.4 Å². The minimum atomic E-state index is 0.431. The summed E-state index contributed by atoms with van der Waals surface area (Å²) >= 11 is 1.83. The van der Waals surface area contributed by atoms with Crippen molar-refractivity contribution in [2.75, 3.05) is 18.1 Å². The standard InChI is InChI=1S/C10H13NO2S/c1-2-14-6-5-13-10-4-3-9(8-12)11-7-10/h3-4,7-8H,2,5-6H2,1H3. The minimum absolute atomic E-state index is 0.431. The Morgan fingerprint density at radius 2 is 2.43 bits per heavy atom. The zero-order chi connectivity index (χ0) is 10.2. The van der Waals surface area contributed by atoms with Crippen LogP contribution in [0.2, 0.25) is 0 Å². The van der Waals surface area contributed by atoms with E-state index >= 15 is 0 Å². The maximum atomic E-state index is 10.3. The van der Waals surface area contributed by atoms with Crippen molar-refractivity contribution in [3.63, 3.8) is 0 Å². The third-order valence-corrected chi connectivity index (χ3v) is 2.44. The number of rotatable bonds is 6. The Bertz CT molecular complexity index is 274. The Labute approximate surface area is 87.9 Å². The van der Waals surface area contributed by atoms with E-state index in [-0.39, 0.29) is 0 Å². The van der Waals surface area contributed by atoms with Gasteiger partial charge in [0.05, 0.1) is 12.8 Å². The summed E-state index contributed by atoms with van der Waals surface area (Å²) < 4.78 is 5.41. The van der Waals surface area contributed by atoms with Gasteiger partial charge in [-0.25, -0.2) is 4.98 Å². The number of pyridine rings is 1. The molecule has 0 saturated carbocycles. The summed E-state index contributed by atoms with van der Waals surface area (Å²) in [5.41, 5.74) is 0.431. The lowest BCUT2D eigenvalue weighted by atomic mass is 10.4. The normalized spacial score (nSPS) is 9.79. The maximum Gasteiger partial charge on any atom is 0.168 e. The number of aldehydes is 1. The molecule has 0 aromatic carbocycles. The first-order valence-electron chi connectivity index (χ1n) is 4.48. The lowest BCUT2D eigenvalue weighted by Gasteiger charge is -2.04. The number of hydrogen-bond donors (Lipinski definition) is 0. The Morgan fingerprint density at radius 1 is 1.57 bits per heavy atom. The fourth-order valence-electron chi connectivity index (χ4n) is 0.910. The number of nitrogens with zero attached hydrogens (tertiary/aromatic N) is 1. The van der Waals surface area contributed by atoms with Crippen LogP contribution in [0.15, 0.2) is 18.3 Å². The lowest BCUT2D eigenvalue weighted by molar-refractivity contribution is 0.111. The van der Waals surface area contributed by atoms with E-state index in [4.69, 9.17) is 4.74 Å². The number of ether oxygens (including phenoxy) is 1. The highest BCUT2D eigenvalue weighted by Crippen LogP contribution is 2.09. The van der Waals surface area contributed by atoms with Crippen LogP contribution in [0, 0.1) is 0 Å². The van der Waals surface area contributed by atoms with E-state index in [1.807, 2.05) is 11.8 Å². The van der Waals surface area contributed by atoms with Gasteiger partial charge in [0.2, 0.25) is 0 Å². The van der Waals surface area contributed by atoms with E-state index < -0.39 is 0 Å². The molecule has 0 aliphatic heterocycles. The second-order valence-electron chi connectivity index (χ2n) is 2.58. The van der Waals surface area contributed by atoms with E-state index in [0.717, 1.165) is 17.8 Å². The molecule has 0 saturated heterocycles. The van der Waals surface area contributed by atoms with Crippen molar-refractivity contribution in [1.29, 1.82) is 0 Å². The predicted octanol–water partition coefficient (Wildman–Crippen LogP) is 2.03. The monoisotopic (exact) mass is 211 g/mol. The van der Waals surface area contributed by atoms with Gasteiger partial charge in [0.25, 0.3) is 0 Å². The summed E-state index contributed by atoms with van der Waals surface area (Å²) in [7, 11) is 0. The van der Waals surface area contributed by atoms with Gasteiger partial charge in [-0.3, -0.25) is 4.79 Å². The van der Waals surface area contributed by atoms with Gasteiger partial charge in [0.1, 0.15) is 11.4 Å². The van der Waals surface area contributed by atoms with E-state index in [0.29, 0.717) is 18.1 Å². The highest BCUT2D eigenvalue weighted by atomic mass is 32.2. The van der Waals surface area contributed by atoms with Gasteiger partial charge in [-0.1, -0.05) is 6.92 Å². The molecule has 0 unspecified atom stereocenters. The fraction of sp³-hybridized carbons (Fsp3) is 0.400. The average Bonchev–Trinajstić information content (AvgIpc) is 2.25. The zero-order valence-corrected chi connectivity index (χ0v) is 8.92. The van der Waals surface area contributed by atoms with Crippen molar-refractivity contribution in [2.24, 2.45) is 0 Å². The Balaban J connectivity index is 2.32. The molecule has 0 bridgehead atoms. The van der Waals surface area contributed by atoms with Crippen molar-refractivity contribution in [2.45, 2.75) is 6.92 Å². The number of carbonyl (C=O) groups is 1. The molecule has 0 radical (unpaired) electrons. The molecule has 14 heavy (non-hydrogen) atoms. The number of thioether (sulfide) groups is 1. The first-order chi connectivity index (χ1) is 6.86. The third kappa shape index (κ3) is 3.79. The van der Waals surface area contributed by atoms with Crippen LogP contribution < -0.4 is 4.74 Å². The maximum absolute atomic E-state index is 10.3. The van der Waals surface area contributed by atoms with Crippen LogP contribution in [0.3, 0.4) is 0 Å². The smallest absolute Gasteiger partial charge is 0.168 e. The Kier molecular flexibility index (Phi) is 5.07. The van der Waals surface area contributed by atoms with Gasteiger partial charge in [-0.2, -0.15) is 11.8 Å². The van der Waals surface area contributed by atoms with Gasteiger partial charge in [0, 0.05) is 5.75 Å². The predicted molar refractivity (Wildman–Crippen MR) is 58.1 cm³/mol. The van der Waals surface area contributed by atoms with Gasteiger partial charge in [0.15, 0.2) is 6.29 Å². The molecule has 0 fully saturated rings. The number of hydrogen-bond acceptors (Lipinski definition) is 4. The molecule has 1 aromatic heterocycles. The summed E-state index contributed by atoms with van der Waals surface area (Å²) in [6.07, 6.45) is 2.29. The molecular weight excluding hydrogens is 198 g/mol. The lowest BCUT2D eigenvalue weighted by Crippen LogP contribution is -2.00.